The molecule has 0 bridgehead atoms. The van der Waals surface area contributed by atoms with Crippen molar-refractivity contribution in [2.24, 2.45) is 0 Å². The fraction of sp³-hybridized carbons (Fsp3) is 0.571. The maximum absolute atomic E-state index is 10.9. The molecule has 0 unspecified atom stereocenters. The molecule has 0 spiro atoms. The average Bonchev–Trinajstić information content (AvgIpc) is 2.41. The van der Waals surface area contributed by atoms with Crippen LogP contribution in [0.4, 0.5) is 5.69 Å². The van der Waals surface area contributed by atoms with Gasteiger partial charge in [-0.3, -0.25) is 15.0 Å². The van der Waals surface area contributed by atoms with Gasteiger partial charge in [0.15, 0.2) is 5.75 Å². The zero-order valence-corrected chi connectivity index (χ0v) is 12.0. The Morgan fingerprint density at radius 1 is 1.30 bits per heavy atom. The van der Waals surface area contributed by atoms with Gasteiger partial charge in [0.05, 0.1) is 4.92 Å². The second kappa shape index (κ2) is 6.67. The molecule has 1 aromatic rings. The lowest BCUT2D eigenvalue weighted by atomic mass is 10.2. The van der Waals surface area contributed by atoms with Crippen molar-refractivity contribution in [2.75, 3.05) is 46.4 Å². The summed E-state index contributed by atoms with van der Waals surface area (Å²) in [6.07, 6.45) is 0. The van der Waals surface area contributed by atoms with E-state index in [0.717, 1.165) is 38.3 Å². The number of nitro benzene ring substituents is 1. The molecule has 1 fully saturated rings. The third-order valence-corrected chi connectivity index (χ3v) is 3.57. The monoisotopic (exact) mass is 279 g/mol. The second-order valence-electron chi connectivity index (χ2n) is 5.22. The summed E-state index contributed by atoms with van der Waals surface area (Å²) in [5, 5.41) is 10.9. The van der Waals surface area contributed by atoms with Crippen LogP contribution in [-0.4, -0.2) is 61.1 Å². The zero-order valence-electron chi connectivity index (χ0n) is 12.0. The third kappa shape index (κ3) is 3.91. The van der Waals surface area contributed by atoms with Crippen molar-refractivity contribution in [3.8, 4) is 5.75 Å². The van der Waals surface area contributed by atoms with E-state index >= 15 is 0 Å². The highest BCUT2D eigenvalue weighted by atomic mass is 16.6. The Kier molecular flexibility index (Phi) is 4.92. The summed E-state index contributed by atoms with van der Waals surface area (Å²) in [5.41, 5.74) is 0.999. The van der Waals surface area contributed by atoms with Crippen molar-refractivity contribution in [3.05, 3.63) is 33.9 Å². The van der Waals surface area contributed by atoms with E-state index in [-0.39, 0.29) is 5.69 Å². The third-order valence-electron chi connectivity index (χ3n) is 3.57. The van der Waals surface area contributed by atoms with E-state index in [0.29, 0.717) is 12.4 Å². The van der Waals surface area contributed by atoms with Crippen molar-refractivity contribution in [2.45, 2.75) is 6.92 Å². The fourth-order valence-electron chi connectivity index (χ4n) is 2.24. The summed E-state index contributed by atoms with van der Waals surface area (Å²) >= 11 is 0. The Morgan fingerprint density at radius 2 is 2.00 bits per heavy atom. The molecule has 1 aliphatic heterocycles. The number of rotatable bonds is 5. The number of ether oxygens (including phenoxy) is 1. The first-order valence-corrected chi connectivity index (χ1v) is 6.85. The highest BCUT2D eigenvalue weighted by Gasteiger charge is 2.16. The number of hydrogen-bond donors (Lipinski definition) is 0. The first-order valence-electron chi connectivity index (χ1n) is 6.85. The predicted octanol–water partition coefficient (Wildman–Crippen LogP) is 1.53. The molecular weight excluding hydrogens is 258 g/mol. The van der Waals surface area contributed by atoms with Gasteiger partial charge in [-0.05, 0) is 25.6 Å². The van der Waals surface area contributed by atoms with Gasteiger partial charge in [0.1, 0.15) is 6.61 Å². The normalized spacial score (nSPS) is 17.1. The molecule has 0 radical (unpaired) electrons. The Hall–Kier alpha value is -1.66. The van der Waals surface area contributed by atoms with E-state index in [4.69, 9.17) is 4.74 Å². The Bertz CT molecular complexity index is 471. The van der Waals surface area contributed by atoms with Crippen LogP contribution in [0.15, 0.2) is 18.2 Å². The molecule has 0 N–H and O–H groups in total. The number of nitrogens with zero attached hydrogens (tertiary/aromatic N) is 3. The maximum atomic E-state index is 10.9. The van der Waals surface area contributed by atoms with Crippen molar-refractivity contribution in [1.82, 2.24) is 9.80 Å². The Balaban J connectivity index is 1.87. The van der Waals surface area contributed by atoms with Crippen LogP contribution in [0.25, 0.3) is 0 Å². The van der Waals surface area contributed by atoms with Crippen molar-refractivity contribution in [3.63, 3.8) is 0 Å². The molecule has 0 amide bonds. The van der Waals surface area contributed by atoms with Gasteiger partial charge in [-0.2, -0.15) is 0 Å². The van der Waals surface area contributed by atoms with Crippen LogP contribution in [-0.2, 0) is 0 Å². The molecule has 1 heterocycles. The topological polar surface area (TPSA) is 58.9 Å². The first kappa shape index (κ1) is 14.7. The number of likely N-dealkylation sites (N-methyl/N-ethyl adjacent to an activating group) is 1. The summed E-state index contributed by atoms with van der Waals surface area (Å²) < 4.78 is 5.61. The van der Waals surface area contributed by atoms with Crippen molar-refractivity contribution >= 4 is 5.69 Å². The first-order chi connectivity index (χ1) is 9.56. The summed E-state index contributed by atoms with van der Waals surface area (Å²) in [6.45, 7) is 7.35. The van der Waals surface area contributed by atoms with Crippen LogP contribution < -0.4 is 4.74 Å². The summed E-state index contributed by atoms with van der Waals surface area (Å²) in [5.74, 6) is 0.365. The van der Waals surface area contributed by atoms with Crippen molar-refractivity contribution in [1.29, 1.82) is 0 Å². The van der Waals surface area contributed by atoms with E-state index in [2.05, 4.69) is 16.8 Å². The van der Waals surface area contributed by atoms with E-state index in [9.17, 15) is 10.1 Å². The Morgan fingerprint density at radius 3 is 2.65 bits per heavy atom. The zero-order chi connectivity index (χ0) is 14.5. The fourth-order valence-corrected chi connectivity index (χ4v) is 2.24. The van der Waals surface area contributed by atoms with E-state index < -0.39 is 4.92 Å². The lowest BCUT2D eigenvalue weighted by Crippen LogP contribution is -2.45. The largest absolute Gasteiger partial charge is 0.485 e. The lowest BCUT2D eigenvalue weighted by Gasteiger charge is -2.32. The SMILES string of the molecule is Cc1ccc([N+](=O)[O-])c(OCCN2CCN(C)CC2)c1. The van der Waals surface area contributed by atoms with Gasteiger partial charge >= 0.3 is 5.69 Å². The van der Waals surface area contributed by atoms with E-state index in [1.807, 2.05) is 6.92 Å². The Labute approximate surface area is 119 Å². The predicted molar refractivity (Wildman–Crippen MR) is 77.3 cm³/mol. The quantitative estimate of drug-likeness (QED) is 0.604. The second-order valence-corrected chi connectivity index (χ2v) is 5.22. The molecule has 0 aliphatic carbocycles. The van der Waals surface area contributed by atoms with Crippen LogP contribution in [0.2, 0.25) is 0 Å². The van der Waals surface area contributed by atoms with Crippen LogP contribution in [0.3, 0.4) is 0 Å². The maximum Gasteiger partial charge on any atom is 0.310 e. The number of aryl methyl sites for hydroxylation is 1. The number of piperazine rings is 1. The summed E-state index contributed by atoms with van der Waals surface area (Å²) in [6, 6.07) is 4.95. The molecule has 6 nitrogen and oxygen atoms in total. The molecule has 1 aliphatic rings. The molecule has 0 saturated carbocycles. The highest BCUT2D eigenvalue weighted by molar-refractivity contribution is 5.48. The molecule has 110 valence electrons. The minimum Gasteiger partial charge on any atom is -0.485 e. The van der Waals surface area contributed by atoms with Crippen LogP contribution in [0.1, 0.15) is 5.56 Å². The molecule has 2 rings (SSSR count). The van der Waals surface area contributed by atoms with Crippen LogP contribution in [0.5, 0.6) is 5.75 Å². The van der Waals surface area contributed by atoms with Gasteiger partial charge in [-0.15, -0.1) is 0 Å². The highest BCUT2D eigenvalue weighted by Crippen LogP contribution is 2.27. The molecular formula is C14H21N3O3. The number of benzene rings is 1. The van der Waals surface area contributed by atoms with Gasteiger partial charge in [0.2, 0.25) is 0 Å². The molecule has 1 saturated heterocycles. The van der Waals surface area contributed by atoms with Gasteiger partial charge in [-0.25, -0.2) is 0 Å². The minimum absolute atomic E-state index is 0.0361. The molecule has 6 heteroatoms. The van der Waals surface area contributed by atoms with E-state index in [1.165, 1.54) is 6.07 Å². The van der Waals surface area contributed by atoms with Crippen LogP contribution >= 0.6 is 0 Å². The van der Waals surface area contributed by atoms with E-state index in [1.54, 1.807) is 12.1 Å². The van der Waals surface area contributed by atoms with Gasteiger partial charge in [0, 0.05) is 38.8 Å². The number of hydrogen-bond acceptors (Lipinski definition) is 5. The van der Waals surface area contributed by atoms with Crippen LogP contribution in [0, 0.1) is 17.0 Å². The molecule has 0 atom stereocenters. The van der Waals surface area contributed by atoms with Gasteiger partial charge in [-0.1, -0.05) is 6.07 Å². The average molecular weight is 279 g/mol. The van der Waals surface area contributed by atoms with Crippen molar-refractivity contribution < 1.29 is 9.66 Å². The molecule has 1 aromatic carbocycles. The number of nitro groups is 1. The minimum atomic E-state index is -0.398. The standard InChI is InChI=1S/C14H21N3O3/c1-12-3-4-13(17(18)19)14(11-12)20-10-9-16-7-5-15(2)6-8-16/h3-4,11H,5-10H2,1-2H3. The molecule has 20 heavy (non-hydrogen) atoms. The van der Waals surface area contributed by atoms with Gasteiger partial charge < -0.3 is 9.64 Å². The summed E-state index contributed by atoms with van der Waals surface area (Å²) in [7, 11) is 2.12. The lowest BCUT2D eigenvalue weighted by molar-refractivity contribution is -0.385. The van der Waals surface area contributed by atoms with Gasteiger partial charge in [0.25, 0.3) is 0 Å². The molecule has 0 aromatic heterocycles. The summed E-state index contributed by atoms with van der Waals surface area (Å²) in [4.78, 5) is 15.2. The smallest absolute Gasteiger partial charge is 0.310 e.